The second-order valence-electron chi connectivity index (χ2n) is 3.06. The largest absolute Gasteiger partial charge is 0.573 e. The SMILES string of the molecule is CS(=O)(=O)c1cc(N)cc(OC(F)(F)F)c1. The van der Waals surface area contributed by atoms with Crippen molar-refractivity contribution in [1.82, 2.24) is 0 Å². The molecular weight excluding hydrogens is 247 g/mol. The van der Waals surface area contributed by atoms with Crippen LogP contribution in [0.25, 0.3) is 0 Å². The van der Waals surface area contributed by atoms with Crippen LogP contribution in [-0.2, 0) is 9.84 Å². The second-order valence-corrected chi connectivity index (χ2v) is 5.07. The number of nitrogen functional groups attached to an aromatic ring is 1. The number of hydrogen-bond donors (Lipinski definition) is 1. The number of halogens is 3. The molecule has 0 aliphatic carbocycles. The van der Waals surface area contributed by atoms with E-state index >= 15 is 0 Å². The van der Waals surface area contributed by atoms with Crippen molar-refractivity contribution in [3.63, 3.8) is 0 Å². The summed E-state index contributed by atoms with van der Waals surface area (Å²) in [5.74, 6) is -0.659. The molecule has 0 aliphatic heterocycles. The van der Waals surface area contributed by atoms with Crippen molar-refractivity contribution in [2.45, 2.75) is 11.3 Å². The van der Waals surface area contributed by atoms with Crippen molar-refractivity contribution in [2.24, 2.45) is 0 Å². The summed E-state index contributed by atoms with van der Waals surface area (Å²) in [7, 11) is -3.63. The molecule has 16 heavy (non-hydrogen) atoms. The molecule has 0 heterocycles. The van der Waals surface area contributed by atoms with Gasteiger partial charge >= 0.3 is 6.36 Å². The minimum absolute atomic E-state index is 0.123. The maximum absolute atomic E-state index is 11.9. The van der Waals surface area contributed by atoms with Gasteiger partial charge in [-0.3, -0.25) is 0 Å². The predicted molar refractivity (Wildman–Crippen MR) is 50.6 cm³/mol. The lowest BCUT2D eigenvalue weighted by Gasteiger charge is -2.10. The summed E-state index contributed by atoms with van der Waals surface area (Å²) in [5.41, 5.74) is 5.14. The zero-order valence-corrected chi connectivity index (χ0v) is 8.89. The van der Waals surface area contributed by atoms with Crippen LogP contribution in [0.1, 0.15) is 0 Å². The fraction of sp³-hybridized carbons (Fsp3) is 0.250. The Hall–Kier alpha value is -1.44. The van der Waals surface area contributed by atoms with E-state index in [1.54, 1.807) is 0 Å². The average Bonchev–Trinajstić information content (AvgIpc) is 1.97. The minimum Gasteiger partial charge on any atom is -0.406 e. The third-order valence-electron chi connectivity index (χ3n) is 1.56. The van der Waals surface area contributed by atoms with Crippen molar-refractivity contribution in [1.29, 1.82) is 0 Å². The molecule has 0 aliphatic rings. The van der Waals surface area contributed by atoms with Gasteiger partial charge in [0.15, 0.2) is 9.84 Å². The zero-order valence-electron chi connectivity index (χ0n) is 8.08. The van der Waals surface area contributed by atoms with Crippen molar-refractivity contribution < 1.29 is 26.3 Å². The zero-order chi connectivity index (χ0) is 12.6. The van der Waals surface area contributed by atoms with Crippen molar-refractivity contribution in [2.75, 3.05) is 12.0 Å². The van der Waals surface area contributed by atoms with Crippen LogP contribution in [0.15, 0.2) is 23.1 Å². The van der Waals surface area contributed by atoms with E-state index in [1.165, 1.54) is 0 Å². The Morgan fingerprint density at radius 3 is 2.25 bits per heavy atom. The number of rotatable bonds is 2. The Morgan fingerprint density at radius 2 is 1.81 bits per heavy atom. The molecule has 0 unspecified atom stereocenters. The highest BCUT2D eigenvalue weighted by Gasteiger charge is 2.31. The van der Waals surface area contributed by atoms with Crippen LogP contribution >= 0.6 is 0 Å². The molecular formula is C8H8F3NO3S. The molecule has 4 nitrogen and oxygen atoms in total. The summed E-state index contributed by atoms with van der Waals surface area (Å²) in [6, 6.07) is 2.71. The van der Waals surface area contributed by atoms with Crippen LogP contribution in [0, 0.1) is 0 Å². The smallest absolute Gasteiger partial charge is 0.406 e. The number of alkyl halides is 3. The highest BCUT2D eigenvalue weighted by molar-refractivity contribution is 7.90. The first-order valence-electron chi connectivity index (χ1n) is 3.94. The standard InChI is InChI=1S/C8H8F3NO3S/c1-16(13,14)7-3-5(12)2-6(4-7)15-8(9,10)11/h2-4H,12H2,1H3. The summed E-state index contributed by atoms with van der Waals surface area (Å²) in [4.78, 5) is -0.327. The van der Waals surface area contributed by atoms with Crippen LogP contribution in [0.2, 0.25) is 0 Å². The average molecular weight is 255 g/mol. The number of hydrogen-bond acceptors (Lipinski definition) is 4. The third-order valence-corrected chi connectivity index (χ3v) is 2.66. The molecule has 90 valence electrons. The summed E-state index contributed by atoms with van der Waals surface area (Å²) in [6.45, 7) is 0. The van der Waals surface area contributed by atoms with Gasteiger partial charge in [0.2, 0.25) is 0 Å². The molecule has 0 aromatic heterocycles. The lowest BCUT2D eigenvalue weighted by Crippen LogP contribution is -2.17. The maximum Gasteiger partial charge on any atom is 0.573 e. The molecule has 0 fully saturated rings. The lowest BCUT2D eigenvalue weighted by atomic mass is 10.3. The molecule has 0 radical (unpaired) electrons. The Bertz CT molecular complexity index is 496. The molecule has 1 rings (SSSR count). The van der Waals surface area contributed by atoms with Gasteiger partial charge in [0.1, 0.15) is 5.75 Å². The van der Waals surface area contributed by atoms with Gasteiger partial charge in [-0.1, -0.05) is 0 Å². The first-order valence-corrected chi connectivity index (χ1v) is 5.83. The number of nitrogens with two attached hydrogens (primary N) is 1. The summed E-state index contributed by atoms with van der Waals surface area (Å²) in [5, 5.41) is 0. The third kappa shape index (κ3) is 3.61. The van der Waals surface area contributed by atoms with Crippen LogP contribution in [-0.4, -0.2) is 21.0 Å². The van der Waals surface area contributed by atoms with Crippen molar-refractivity contribution >= 4 is 15.5 Å². The topological polar surface area (TPSA) is 69.4 Å². The van der Waals surface area contributed by atoms with Gasteiger partial charge in [-0.25, -0.2) is 8.42 Å². The normalized spacial score (nSPS) is 12.5. The van der Waals surface area contributed by atoms with E-state index in [1.807, 2.05) is 0 Å². The van der Waals surface area contributed by atoms with Crippen LogP contribution in [0.5, 0.6) is 5.75 Å². The molecule has 0 saturated carbocycles. The van der Waals surface area contributed by atoms with Gasteiger partial charge in [0, 0.05) is 18.0 Å². The van der Waals surface area contributed by atoms with Gasteiger partial charge in [-0.2, -0.15) is 0 Å². The predicted octanol–water partition coefficient (Wildman–Crippen LogP) is 1.57. The van der Waals surface area contributed by atoms with Crippen LogP contribution in [0.4, 0.5) is 18.9 Å². The molecule has 8 heteroatoms. The quantitative estimate of drug-likeness (QED) is 0.814. The van der Waals surface area contributed by atoms with Crippen LogP contribution < -0.4 is 10.5 Å². The molecule has 2 N–H and O–H groups in total. The second kappa shape index (κ2) is 3.85. The van der Waals surface area contributed by atoms with Crippen molar-refractivity contribution in [3.8, 4) is 5.75 Å². The van der Waals surface area contributed by atoms with E-state index in [4.69, 9.17) is 5.73 Å². The lowest BCUT2D eigenvalue weighted by molar-refractivity contribution is -0.274. The number of ether oxygens (including phenoxy) is 1. The summed E-state index contributed by atoms with van der Waals surface area (Å²) < 4.78 is 61.5. The number of benzene rings is 1. The van der Waals surface area contributed by atoms with Gasteiger partial charge in [0.05, 0.1) is 4.90 Å². The molecule has 0 atom stereocenters. The Kier molecular flexibility index (Phi) is 3.04. The molecule has 0 spiro atoms. The van der Waals surface area contributed by atoms with E-state index in [9.17, 15) is 21.6 Å². The molecule has 0 amide bonds. The Balaban J connectivity index is 3.19. The number of sulfone groups is 1. The summed E-state index contributed by atoms with van der Waals surface area (Å²) >= 11 is 0. The molecule has 1 aromatic carbocycles. The van der Waals surface area contributed by atoms with E-state index in [2.05, 4.69) is 4.74 Å². The summed E-state index contributed by atoms with van der Waals surface area (Å²) in [6.07, 6.45) is -4.03. The monoisotopic (exact) mass is 255 g/mol. The van der Waals surface area contributed by atoms with Gasteiger partial charge in [0.25, 0.3) is 0 Å². The van der Waals surface area contributed by atoms with E-state index in [0.29, 0.717) is 0 Å². The molecule has 1 aromatic rings. The van der Waals surface area contributed by atoms with Gasteiger partial charge in [-0.05, 0) is 12.1 Å². The molecule has 0 saturated heterocycles. The fourth-order valence-corrected chi connectivity index (χ4v) is 1.68. The fourth-order valence-electron chi connectivity index (χ4n) is 1.00. The van der Waals surface area contributed by atoms with Crippen molar-refractivity contribution in [3.05, 3.63) is 18.2 Å². The van der Waals surface area contributed by atoms with Crippen LogP contribution in [0.3, 0.4) is 0 Å². The highest BCUT2D eigenvalue weighted by atomic mass is 32.2. The van der Waals surface area contributed by atoms with E-state index in [-0.39, 0.29) is 10.6 Å². The first kappa shape index (κ1) is 12.6. The van der Waals surface area contributed by atoms with Gasteiger partial charge in [-0.15, -0.1) is 13.2 Å². The minimum atomic E-state index is -4.89. The highest BCUT2D eigenvalue weighted by Crippen LogP contribution is 2.27. The van der Waals surface area contributed by atoms with Gasteiger partial charge < -0.3 is 10.5 Å². The Labute approximate surface area is 89.7 Å². The Morgan fingerprint density at radius 1 is 1.25 bits per heavy atom. The first-order chi connectivity index (χ1) is 7.08. The van der Waals surface area contributed by atoms with E-state index in [0.717, 1.165) is 24.5 Å². The number of anilines is 1. The maximum atomic E-state index is 11.9. The van der Waals surface area contributed by atoms with E-state index < -0.39 is 21.9 Å². The molecule has 0 bridgehead atoms.